The summed E-state index contributed by atoms with van der Waals surface area (Å²) in [4.78, 5) is 25.3. The zero-order valence-corrected chi connectivity index (χ0v) is 15.7. The largest absolute Gasteiger partial charge is 0.444 e. The van der Waals surface area contributed by atoms with Gasteiger partial charge in [-0.25, -0.2) is 13.2 Å². The summed E-state index contributed by atoms with van der Waals surface area (Å²) in [6, 6.07) is 14.7. The van der Waals surface area contributed by atoms with E-state index in [1.807, 2.05) is 0 Å². The van der Waals surface area contributed by atoms with E-state index in [-0.39, 0.29) is 22.3 Å². The molecule has 0 aromatic heterocycles. The Labute approximate surface area is 158 Å². The predicted molar refractivity (Wildman–Crippen MR) is 99.9 cm³/mol. The summed E-state index contributed by atoms with van der Waals surface area (Å²) in [7, 11) is -3.60. The molecule has 1 saturated carbocycles. The SMILES string of the molecule is CCS(=O)(=O)c1ccccc1C(=O)O[C@H](C(=O)NC1CC1)c1ccccc1. The average molecular weight is 387 g/mol. The highest BCUT2D eigenvalue weighted by molar-refractivity contribution is 7.91. The van der Waals surface area contributed by atoms with Crippen LogP contribution in [0.25, 0.3) is 0 Å². The fourth-order valence-corrected chi connectivity index (χ4v) is 3.72. The number of hydrogen-bond donors (Lipinski definition) is 1. The molecule has 0 unspecified atom stereocenters. The van der Waals surface area contributed by atoms with Crippen molar-refractivity contribution in [3.8, 4) is 0 Å². The Morgan fingerprint density at radius 3 is 2.33 bits per heavy atom. The van der Waals surface area contributed by atoms with E-state index in [0.29, 0.717) is 5.56 Å². The van der Waals surface area contributed by atoms with Gasteiger partial charge >= 0.3 is 5.97 Å². The van der Waals surface area contributed by atoms with Gasteiger partial charge in [-0.1, -0.05) is 49.4 Å². The van der Waals surface area contributed by atoms with Crippen molar-refractivity contribution < 1.29 is 22.7 Å². The maximum atomic E-state index is 12.8. The summed E-state index contributed by atoms with van der Waals surface area (Å²) in [5.41, 5.74) is 0.458. The molecule has 1 amide bonds. The number of esters is 1. The third kappa shape index (κ3) is 4.54. The lowest BCUT2D eigenvalue weighted by atomic mass is 10.1. The number of benzene rings is 2. The number of sulfone groups is 1. The van der Waals surface area contributed by atoms with Crippen molar-refractivity contribution in [2.45, 2.75) is 36.8 Å². The summed E-state index contributed by atoms with van der Waals surface area (Å²) in [6.07, 6.45) is 0.661. The Bertz CT molecular complexity index is 936. The van der Waals surface area contributed by atoms with E-state index in [2.05, 4.69) is 5.32 Å². The van der Waals surface area contributed by atoms with Gasteiger partial charge in [0.15, 0.2) is 9.84 Å². The first kappa shape index (κ1) is 19.1. The summed E-state index contributed by atoms with van der Waals surface area (Å²) >= 11 is 0. The maximum absolute atomic E-state index is 12.8. The van der Waals surface area contributed by atoms with Crippen LogP contribution in [0, 0.1) is 0 Å². The molecule has 0 bridgehead atoms. The number of ether oxygens (including phenoxy) is 1. The topological polar surface area (TPSA) is 89.5 Å². The summed E-state index contributed by atoms with van der Waals surface area (Å²) in [6.45, 7) is 1.51. The highest BCUT2D eigenvalue weighted by atomic mass is 32.2. The number of carbonyl (C=O) groups is 2. The Morgan fingerprint density at radius 1 is 1.07 bits per heavy atom. The number of nitrogens with one attached hydrogen (secondary N) is 1. The number of hydrogen-bond acceptors (Lipinski definition) is 5. The van der Waals surface area contributed by atoms with Crippen molar-refractivity contribution in [3.63, 3.8) is 0 Å². The first-order valence-electron chi connectivity index (χ1n) is 8.80. The fourth-order valence-electron chi connectivity index (χ4n) is 2.64. The summed E-state index contributed by atoms with van der Waals surface area (Å²) in [5, 5.41) is 2.83. The predicted octanol–water partition coefficient (Wildman–Crippen LogP) is 2.66. The quantitative estimate of drug-likeness (QED) is 0.738. The number of rotatable bonds is 7. The molecule has 1 aliphatic carbocycles. The lowest BCUT2D eigenvalue weighted by Crippen LogP contribution is -2.33. The Morgan fingerprint density at radius 2 is 1.70 bits per heavy atom. The minimum absolute atomic E-state index is 0.0699. The van der Waals surface area contributed by atoms with Gasteiger partial charge < -0.3 is 10.1 Å². The van der Waals surface area contributed by atoms with E-state index in [1.165, 1.54) is 19.1 Å². The molecule has 2 aromatic rings. The smallest absolute Gasteiger partial charge is 0.340 e. The minimum atomic E-state index is -3.60. The molecule has 0 aliphatic heterocycles. The van der Waals surface area contributed by atoms with Gasteiger partial charge in [-0.3, -0.25) is 4.79 Å². The van der Waals surface area contributed by atoms with E-state index >= 15 is 0 Å². The van der Waals surface area contributed by atoms with Crippen molar-refractivity contribution in [1.29, 1.82) is 0 Å². The van der Waals surface area contributed by atoms with Gasteiger partial charge in [0, 0.05) is 11.6 Å². The third-order valence-corrected chi connectivity index (χ3v) is 6.10. The van der Waals surface area contributed by atoms with Gasteiger partial charge in [-0.05, 0) is 25.0 Å². The molecule has 3 rings (SSSR count). The molecule has 1 fully saturated rings. The monoisotopic (exact) mass is 387 g/mol. The molecule has 27 heavy (non-hydrogen) atoms. The molecule has 1 N–H and O–H groups in total. The van der Waals surface area contributed by atoms with Gasteiger partial charge in [0.25, 0.3) is 5.91 Å². The van der Waals surface area contributed by atoms with Crippen LogP contribution in [0.2, 0.25) is 0 Å². The first-order valence-corrected chi connectivity index (χ1v) is 10.5. The molecule has 0 heterocycles. The highest BCUT2D eigenvalue weighted by Gasteiger charge is 2.32. The van der Waals surface area contributed by atoms with Crippen LogP contribution >= 0.6 is 0 Å². The van der Waals surface area contributed by atoms with Crippen LogP contribution in [0.3, 0.4) is 0 Å². The van der Waals surface area contributed by atoms with Crippen LogP contribution in [0.4, 0.5) is 0 Å². The standard InChI is InChI=1S/C20H21NO5S/c1-2-27(24,25)17-11-7-6-10-16(17)20(23)26-18(14-8-4-3-5-9-14)19(22)21-15-12-13-15/h3-11,15,18H,2,12-13H2,1H3,(H,21,22)/t18-/m0/s1. The van der Waals surface area contributed by atoms with Crippen LogP contribution < -0.4 is 5.32 Å². The second-order valence-corrected chi connectivity index (χ2v) is 8.63. The van der Waals surface area contributed by atoms with E-state index in [9.17, 15) is 18.0 Å². The number of amides is 1. The van der Waals surface area contributed by atoms with E-state index in [0.717, 1.165) is 12.8 Å². The van der Waals surface area contributed by atoms with Crippen LogP contribution in [0.15, 0.2) is 59.5 Å². The molecule has 142 valence electrons. The van der Waals surface area contributed by atoms with Gasteiger partial charge in [0.05, 0.1) is 16.2 Å². The highest BCUT2D eigenvalue weighted by Crippen LogP contribution is 2.25. The summed E-state index contributed by atoms with van der Waals surface area (Å²) in [5.74, 6) is -1.39. The van der Waals surface area contributed by atoms with Crippen molar-refractivity contribution >= 4 is 21.7 Å². The second-order valence-electron chi connectivity index (χ2n) is 6.38. The lowest BCUT2D eigenvalue weighted by Gasteiger charge is -2.19. The van der Waals surface area contributed by atoms with E-state index < -0.39 is 27.8 Å². The molecule has 0 radical (unpaired) electrons. The van der Waals surface area contributed by atoms with E-state index in [1.54, 1.807) is 42.5 Å². The molecular formula is C20H21NO5S. The molecule has 1 atom stereocenters. The van der Waals surface area contributed by atoms with Crippen molar-refractivity contribution in [3.05, 3.63) is 65.7 Å². The maximum Gasteiger partial charge on any atom is 0.340 e. The molecule has 7 heteroatoms. The van der Waals surface area contributed by atoms with Crippen LogP contribution in [-0.2, 0) is 19.4 Å². The van der Waals surface area contributed by atoms with Gasteiger partial charge in [-0.2, -0.15) is 0 Å². The van der Waals surface area contributed by atoms with Gasteiger partial charge in [0.2, 0.25) is 6.10 Å². The fraction of sp³-hybridized carbons (Fsp3) is 0.300. The zero-order valence-electron chi connectivity index (χ0n) is 14.9. The summed E-state index contributed by atoms with van der Waals surface area (Å²) < 4.78 is 30.0. The molecular weight excluding hydrogens is 366 g/mol. The Kier molecular flexibility index (Phi) is 5.60. The molecule has 0 saturated heterocycles. The number of carbonyl (C=O) groups excluding carboxylic acids is 2. The average Bonchev–Trinajstić information content (AvgIpc) is 3.50. The van der Waals surface area contributed by atoms with Crippen molar-refractivity contribution in [1.82, 2.24) is 5.32 Å². The molecule has 6 nitrogen and oxygen atoms in total. The Hall–Kier alpha value is -2.67. The van der Waals surface area contributed by atoms with Crippen LogP contribution in [-0.4, -0.2) is 32.1 Å². The van der Waals surface area contributed by atoms with Crippen molar-refractivity contribution in [2.75, 3.05) is 5.75 Å². The second kappa shape index (κ2) is 7.92. The normalized spacial score (nSPS) is 15.0. The minimum Gasteiger partial charge on any atom is -0.444 e. The van der Waals surface area contributed by atoms with Crippen LogP contribution in [0.1, 0.15) is 41.8 Å². The zero-order chi connectivity index (χ0) is 19.4. The molecule has 1 aliphatic rings. The van der Waals surface area contributed by atoms with Crippen molar-refractivity contribution in [2.24, 2.45) is 0 Å². The lowest BCUT2D eigenvalue weighted by molar-refractivity contribution is -0.130. The third-order valence-electron chi connectivity index (χ3n) is 4.31. The van der Waals surface area contributed by atoms with E-state index in [4.69, 9.17) is 4.74 Å². The van der Waals surface area contributed by atoms with Gasteiger partial charge in [-0.15, -0.1) is 0 Å². The van der Waals surface area contributed by atoms with Gasteiger partial charge in [0.1, 0.15) is 0 Å². The first-order chi connectivity index (χ1) is 12.9. The molecule has 0 spiro atoms. The molecule has 2 aromatic carbocycles. The van der Waals surface area contributed by atoms with Crippen LogP contribution in [0.5, 0.6) is 0 Å². The Balaban J connectivity index is 1.90.